The number of benzene rings is 2. The summed E-state index contributed by atoms with van der Waals surface area (Å²) < 4.78 is 5.58. The summed E-state index contributed by atoms with van der Waals surface area (Å²) in [7, 11) is 1.66. The molecule has 2 aromatic carbocycles. The molecule has 0 spiro atoms. The van der Waals surface area contributed by atoms with Gasteiger partial charge < -0.3 is 4.74 Å². The highest BCUT2D eigenvalue weighted by molar-refractivity contribution is 6.34. The Labute approximate surface area is 178 Å². The first-order valence-electron chi connectivity index (χ1n) is 9.00. The van der Waals surface area contributed by atoms with Gasteiger partial charge in [0.25, 0.3) is 0 Å². The van der Waals surface area contributed by atoms with E-state index in [0.29, 0.717) is 22.2 Å². The lowest BCUT2D eigenvalue weighted by molar-refractivity contribution is 0.414. The number of pyridine rings is 1. The molecule has 4 rings (SSSR count). The van der Waals surface area contributed by atoms with E-state index in [4.69, 9.17) is 27.9 Å². The van der Waals surface area contributed by atoms with Crippen molar-refractivity contribution in [2.24, 2.45) is 0 Å². The summed E-state index contributed by atoms with van der Waals surface area (Å²) in [5.74, 6) is 0.770. The largest absolute Gasteiger partial charge is 0.496 e. The molecule has 4 nitrogen and oxygen atoms in total. The number of hydrogen-bond donors (Lipinski definition) is 0. The molecule has 6 heteroatoms. The molecule has 0 radical (unpaired) electrons. The highest BCUT2D eigenvalue weighted by Gasteiger charge is 2.13. The van der Waals surface area contributed by atoms with E-state index >= 15 is 0 Å². The first-order valence-corrected chi connectivity index (χ1v) is 9.75. The second kappa shape index (κ2) is 8.60. The number of fused-ring (bicyclic) bond motifs is 1. The second-order valence-electron chi connectivity index (χ2n) is 6.44. The van der Waals surface area contributed by atoms with E-state index in [1.807, 2.05) is 48.5 Å². The van der Waals surface area contributed by atoms with Crippen molar-refractivity contribution in [3.8, 4) is 5.75 Å². The van der Waals surface area contributed by atoms with Gasteiger partial charge in [0.15, 0.2) is 0 Å². The normalized spacial score (nSPS) is 11.3. The lowest BCUT2D eigenvalue weighted by atomic mass is 10.0. The number of ether oxygens (including phenoxy) is 1. The van der Waals surface area contributed by atoms with Gasteiger partial charge in [0.2, 0.25) is 0 Å². The van der Waals surface area contributed by atoms with Crippen LogP contribution in [0.3, 0.4) is 0 Å². The Hall–Kier alpha value is -2.95. The molecule has 0 aliphatic heterocycles. The minimum Gasteiger partial charge on any atom is -0.496 e. The molecule has 144 valence electrons. The van der Waals surface area contributed by atoms with Gasteiger partial charge in [0.1, 0.15) is 5.75 Å². The van der Waals surface area contributed by atoms with E-state index < -0.39 is 0 Å². The molecule has 0 amide bonds. The lowest BCUT2D eigenvalue weighted by Gasteiger charge is -2.11. The Morgan fingerprint density at radius 3 is 2.52 bits per heavy atom. The van der Waals surface area contributed by atoms with Gasteiger partial charge in [-0.05, 0) is 29.8 Å². The van der Waals surface area contributed by atoms with Crippen molar-refractivity contribution < 1.29 is 4.74 Å². The fraction of sp³-hybridized carbons (Fsp3) is 0.0870. The Morgan fingerprint density at radius 2 is 1.76 bits per heavy atom. The first-order chi connectivity index (χ1) is 14.2. The number of methoxy groups -OCH3 is 1. The van der Waals surface area contributed by atoms with Crippen LogP contribution in [-0.4, -0.2) is 22.3 Å². The number of halogens is 2. The average Bonchev–Trinajstić information content (AvgIpc) is 2.74. The Kier molecular flexibility index (Phi) is 5.74. The molecule has 2 heterocycles. The zero-order chi connectivity index (χ0) is 20.2. The van der Waals surface area contributed by atoms with E-state index in [9.17, 15) is 0 Å². The molecule has 0 unspecified atom stereocenters. The fourth-order valence-corrected chi connectivity index (χ4v) is 3.62. The molecule has 0 aliphatic carbocycles. The predicted molar refractivity (Wildman–Crippen MR) is 119 cm³/mol. The number of hydrogen-bond acceptors (Lipinski definition) is 4. The van der Waals surface area contributed by atoms with Crippen LogP contribution in [0.4, 0.5) is 0 Å². The molecule has 0 N–H and O–H groups in total. The standard InChI is InChI=1S/C23H17Cl2N3O/c1-29-23-10-9-17-19(18(23)8-7-15-5-3-2-4-6-15)14-27-28-21(17)12-22-20(25)11-16(24)13-26-22/h2-11,13-14H,12H2,1H3. The van der Waals surface area contributed by atoms with Crippen LogP contribution in [0.25, 0.3) is 22.9 Å². The van der Waals surface area contributed by atoms with Crippen molar-refractivity contribution in [1.82, 2.24) is 15.2 Å². The van der Waals surface area contributed by atoms with Gasteiger partial charge in [-0.25, -0.2) is 0 Å². The quantitative estimate of drug-likeness (QED) is 0.365. The monoisotopic (exact) mass is 421 g/mol. The van der Waals surface area contributed by atoms with E-state index in [1.165, 1.54) is 0 Å². The van der Waals surface area contributed by atoms with Crippen molar-refractivity contribution in [1.29, 1.82) is 0 Å². The molecule has 0 saturated carbocycles. The fourth-order valence-electron chi connectivity index (χ4n) is 3.17. The molecule has 0 saturated heterocycles. The SMILES string of the molecule is COc1ccc2c(Cc3ncc(Cl)cc3Cl)nncc2c1C=Cc1ccccc1. The molecule has 0 aliphatic rings. The molecule has 4 aromatic rings. The maximum Gasteiger partial charge on any atom is 0.126 e. The molecular formula is C23H17Cl2N3O. The van der Waals surface area contributed by atoms with E-state index in [2.05, 4.69) is 21.3 Å². The summed E-state index contributed by atoms with van der Waals surface area (Å²) in [6.07, 6.45) is 7.88. The van der Waals surface area contributed by atoms with Gasteiger partial charge in [-0.15, -0.1) is 0 Å². The molecule has 0 atom stereocenters. The third kappa shape index (κ3) is 4.24. The lowest BCUT2D eigenvalue weighted by Crippen LogP contribution is -2.00. The summed E-state index contributed by atoms with van der Waals surface area (Å²) >= 11 is 12.3. The molecule has 0 fully saturated rings. The van der Waals surface area contributed by atoms with E-state index in [-0.39, 0.29) is 0 Å². The van der Waals surface area contributed by atoms with Gasteiger partial charge in [0.05, 0.1) is 34.7 Å². The predicted octanol–water partition coefficient (Wildman–Crippen LogP) is 6.10. The molecule has 29 heavy (non-hydrogen) atoms. The highest BCUT2D eigenvalue weighted by Crippen LogP contribution is 2.31. The van der Waals surface area contributed by atoms with Crippen LogP contribution in [0.15, 0.2) is 60.9 Å². The first kappa shape index (κ1) is 19.4. The van der Waals surface area contributed by atoms with Crippen LogP contribution in [0.5, 0.6) is 5.75 Å². The average molecular weight is 422 g/mol. The minimum absolute atomic E-state index is 0.453. The number of aromatic nitrogens is 3. The third-order valence-corrected chi connectivity index (χ3v) is 5.14. The second-order valence-corrected chi connectivity index (χ2v) is 7.28. The maximum absolute atomic E-state index is 6.30. The van der Waals surface area contributed by atoms with Crippen LogP contribution < -0.4 is 4.74 Å². The Balaban J connectivity index is 1.80. The van der Waals surface area contributed by atoms with Crippen molar-refractivity contribution in [2.75, 3.05) is 7.11 Å². The third-order valence-electron chi connectivity index (χ3n) is 4.60. The molecule has 0 bridgehead atoms. The van der Waals surface area contributed by atoms with Crippen LogP contribution in [0, 0.1) is 0 Å². The van der Waals surface area contributed by atoms with Gasteiger partial charge in [-0.2, -0.15) is 10.2 Å². The summed E-state index contributed by atoms with van der Waals surface area (Å²) in [5, 5.41) is 11.5. The maximum atomic E-state index is 6.30. The Bertz CT molecular complexity index is 1190. The summed E-state index contributed by atoms with van der Waals surface area (Å²) in [5.41, 5.74) is 3.54. The number of rotatable bonds is 5. The van der Waals surface area contributed by atoms with Gasteiger partial charge >= 0.3 is 0 Å². The zero-order valence-corrected chi connectivity index (χ0v) is 17.2. The zero-order valence-electron chi connectivity index (χ0n) is 15.6. The summed E-state index contributed by atoms with van der Waals surface area (Å²) in [6, 6.07) is 15.7. The van der Waals surface area contributed by atoms with Gasteiger partial charge in [-0.3, -0.25) is 4.98 Å². The van der Waals surface area contributed by atoms with Crippen molar-refractivity contribution in [3.05, 3.63) is 93.5 Å². The van der Waals surface area contributed by atoms with Gasteiger partial charge in [0, 0.05) is 29.0 Å². The van der Waals surface area contributed by atoms with Crippen molar-refractivity contribution >= 4 is 46.1 Å². The highest BCUT2D eigenvalue weighted by atomic mass is 35.5. The Morgan fingerprint density at radius 1 is 0.931 bits per heavy atom. The van der Waals surface area contributed by atoms with Crippen molar-refractivity contribution in [3.63, 3.8) is 0 Å². The van der Waals surface area contributed by atoms with Crippen molar-refractivity contribution in [2.45, 2.75) is 6.42 Å². The molecule has 2 aromatic heterocycles. The topological polar surface area (TPSA) is 47.9 Å². The number of nitrogens with zero attached hydrogens (tertiary/aromatic N) is 3. The van der Waals surface area contributed by atoms with E-state index in [1.54, 1.807) is 25.6 Å². The summed E-state index contributed by atoms with van der Waals surface area (Å²) in [6.45, 7) is 0. The van der Waals surface area contributed by atoms with Crippen LogP contribution >= 0.6 is 23.2 Å². The van der Waals surface area contributed by atoms with Crippen LogP contribution in [-0.2, 0) is 6.42 Å². The van der Waals surface area contributed by atoms with Crippen LogP contribution in [0.2, 0.25) is 10.0 Å². The minimum atomic E-state index is 0.453. The smallest absolute Gasteiger partial charge is 0.126 e. The van der Waals surface area contributed by atoms with E-state index in [0.717, 1.165) is 33.3 Å². The summed E-state index contributed by atoms with van der Waals surface area (Å²) in [4.78, 5) is 4.34. The van der Waals surface area contributed by atoms with Gasteiger partial charge in [-0.1, -0.05) is 59.6 Å². The molecular weight excluding hydrogens is 405 g/mol. The van der Waals surface area contributed by atoms with Crippen LogP contribution in [0.1, 0.15) is 22.5 Å².